The third-order valence-corrected chi connectivity index (χ3v) is 6.30. The number of ether oxygens (including phenoxy) is 1. The maximum atomic E-state index is 12.9. The molecule has 8 heteroatoms. The topological polar surface area (TPSA) is 106 Å². The Labute approximate surface area is 190 Å². The average molecular weight is 449 g/mol. The highest BCUT2D eigenvalue weighted by atomic mass is 32.2. The summed E-state index contributed by atoms with van der Waals surface area (Å²) in [5, 5.41) is 5.57. The van der Waals surface area contributed by atoms with Gasteiger partial charge in [0.25, 0.3) is 5.91 Å². The van der Waals surface area contributed by atoms with Gasteiger partial charge in [0.05, 0.1) is 0 Å². The molecule has 1 saturated heterocycles. The molecule has 2 amide bonds. The summed E-state index contributed by atoms with van der Waals surface area (Å²) >= 11 is 1.60. The van der Waals surface area contributed by atoms with Crippen LogP contribution in [0.25, 0.3) is 0 Å². The Kier molecular flexibility index (Phi) is 6.91. The summed E-state index contributed by atoms with van der Waals surface area (Å²) in [5.41, 5.74) is 6.81. The Balaban J connectivity index is 1.33. The summed E-state index contributed by atoms with van der Waals surface area (Å²) < 4.78 is 5.83. The maximum Gasteiger partial charge on any atom is 0.270 e. The van der Waals surface area contributed by atoms with Crippen LogP contribution in [0.15, 0.2) is 72.8 Å². The van der Waals surface area contributed by atoms with E-state index in [2.05, 4.69) is 15.6 Å². The van der Waals surface area contributed by atoms with Crippen LogP contribution in [-0.2, 0) is 4.79 Å². The largest absolute Gasteiger partial charge is 0.457 e. The second-order valence-corrected chi connectivity index (χ2v) is 8.60. The third-order valence-electron chi connectivity index (χ3n) is 5.01. The average Bonchev–Trinajstić information content (AvgIpc) is 2.99. The number of nitrogens with zero attached hydrogens (tertiary/aromatic N) is 1. The number of nitrogens with one attached hydrogen (secondary N) is 2. The van der Waals surface area contributed by atoms with Gasteiger partial charge < -0.3 is 21.1 Å². The Morgan fingerprint density at radius 3 is 2.56 bits per heavy atom. The minimum Gasteiger partial charge on any atom is -0.457 e. The number of anilines is 1. The molecule has 0 unspecified atom stereocenters. The van der Waals surface area contributed by atoms with E-state index in [-0.39, 0.29) is 28.8 Å². The predicted octanol–water partition coefficient (Wildman–Crippen LogP) is 3.55. The zero-order chi connectivity index (χ0) is 22.3. The monoisotopic (exact) mass is 448 g/mol. The van der Waals surface area contributed by atoms with Crippen molar-refractivity contribution in [2.24, 2.45) is 0 Å². The van der Waals surface area contributed by atoms with E-state index in [0.29, 0.717) is 12.4 Å². The van der Waals surface area contributed by atoms with E-state index in [4.69, 9.17) is 10.5 Å². The van der Waals surface area contributed by atoms with Gasteiger partial charge in [-0.3, -0.25) is 9.59 Å². The zero-order valence-corrected chi connectivity index (χ0v) is 18.2. The number of rotatable bonds is 6. The molecule has 1 aromatic heterocycles. The van der Waals surface area contributed by atoms with Crippen molar-refractivity contribution in [3.63, 3.8) is 0 Å². The first-order valence-corrected chi connectivity index (χ1v) is 11.4. The normalized spacial score (nSPS) is 18.3. The summed E-state index contributed by atoms with van der Waals surface area (Å²) in [6.07, 6.45) is 0.757. The van der Waals surface area contributed by atoms with Gasteiger partial charge in [0, 0.05) is 12.6 Å². The number of amides is 2. The molecule has 164 valence electrons. The van der Waals surface area contributed by atoms with Gasteiger partial charge in [-0.1, -0.05) is 36.4 Å². The number of aromatic nitrogens is 1. The van der Waals surface area contributed by atoms with Crippen molar-refractivity contribution in [1.29, 1.82) is 0 Å². The molecule has 7 nitrogen and oxygen atoms in total. The van der Waals surface area contributed by atoms with E-state index in [1.807, 2.05) is 54.6 Å². The third kappa shape index (κ3) is 5.59. The summed E-state index contributed by atoms with van der Waals surface area (Å²) in [4.78, 5) is 29.2. The molecule has 1 fully saturated rings. The molecule has 2 heterocycles. The smallest absolute Gasteiger partial charge is 0.270 e. The lowest BCUT2D eigenvalue weighted by Crippen LogP contribution is -2.44. The minimum absolute atomic E-state index is 0.0643. The summed E-state index contributed by atoms with van der Waals surface area (Å²) in [5.74, 6) is 2.19. The molecule has 4 N–H and O–H groups in total. The summed E-state index contributed by atoms with van der Waals surface area (Å²) in [6, 6.07) is 21.9. The van der Waals surface area contributed by atoms with Gasteiger partial charge in [0.2, 0.25) is 5.91 Å². The van der Waals surface area contributed by atoms with E-state index < -0.39 is 0 Å². The van der Waals surface area contributed by atoms with Crippen LogP contribution in [0.4, 0.5) is 5.82 Å². The first-order valence-electron chi connectivity index (χ1n) is 10.3. The first-order chi connectivity index (χ1) is 15.6. The molecule has 1 aliphatic rings. The number of nitrogens with two attached hydrogens (primary N) is 1. The van der Waals surface area contributed by atoms with E-state index >= 15 is 0 Å². The number of hydrogen-bond acceptors (Lipinski definition) is 6. The Morgan fingerprint density at radius 1 is 1.06 bits per heavy atom. The fourth-order valence-corrected chi connectivity index (χ4v) is 4.60. The molecule has 0 radical (unpaired) electrons. The van der Waals surface area contributed by atoms with Gasteiger partial charge in [0.15, 0.2) is 0 Å². The molecule has 4 rings (SSSR count). The van der Waals surface area contributed by atoms with Crippen LogP contribution in [0.5, 0.6) is 11.5 Å². The molecule has 2 atom stereocenters. The van der Waals surface area contributed by atoms with Crippen molar-refractivity contribution >= 4 is 29.4 Å². The van der Waals surface area contributed by atoms with E-state index in [1.54, 1.807) is 30.0 Å². The number of carbonyl (C=O) groups is 2. The zero-order valence-electron chi connectivity index (χ0n) is 17.4. The molecule has 1 aliphatic heterocycles. The second-order valence-electron chi connectivity index (χ2n) is 7.39. The fourth-order valence-electron chi connectivity index (χ4n) is 3.37. The number of pyridine rings is 1. The molecule has 2 aromatic carbocycles. The lowest BCUT2D eigenvalue weighted by Gasteiger charge is -2.18. The van der Waals surface area contributed by atoms with Crippen molar-refractivity contribution in [2.45, 2.75) is 17.7 Å². The van der Waals surface area contributed by atoms with Gasteiger partial charge in [-0.05, 0) is 54.1 Å². The van der Waals surface area contributed by atoms with Crippen LogP contribution in [0, 0.1) is 0 Å². The van der Waals surface area contributed by atoms with Crippen molar-refractivity contribution in [1.82, 2.24) is 15.6 Å². The van der Waals surface area contributed by atoms with Crippen LogP contribution in [-0.4, -0.2) is 35.1 Å². The SMILES string of the molecule is Nc1cccc(C(=O)NC[C@@H]2CCS[C@H](c3ccc(Oc4ccccc4)cc3)C(=O)N2)n1. The molecule has 32 heavy (non-hydrogen) atoms. The summed E-state index contributed by atoms with van der Waals surface area (Å²) in [7, 11) is 0. The van der Waals surface area contributed by atoms with Crippen molar-refractivity contribution < 1.29 is 14.3 Å². The van der Waals surface area contributed by atoms with Crippen LogP contribution < -0.4 is 21.1 Å². The van der Waals surface area contributed by atoms with E-state index in [0.717, 1.165) is 29.2 Å². The van der Waals surface area contributed by atoms with Gasteiger partial charge in [-0.25, -0.2) is 4.98 Å². The Bertz CT molecular complexity index is 1080. The van der Waals surface area contributed by atoms with E-state index in [1.165, 1.54) is 0 Å². The second kappa shape index (κ2) is 10.2. The predicted molar refractivity (Wildman–Crippen MR) is 126 cm³/mol. The molecule has 0 bridgehead atoms. The Hall–Kier alpha value is -3.52. The molecular weight excluding hydrogens is 424 g/mol. The molecule has 0 saturated carbocycles. The molecular formula is C24H24N4O3S. The molecule has 3 aromatic rings. The number of thioether (sulfide) groups is 1. The van der Waals surface area contributed by atoms with Crippen molar-refractivity contribution in [3.05, 3.63) is 84.1 Å². The van der Waals surface area contributed by atoms with Gasteiger partial charge >= 0.3 is 0 Å². The van der Waals surface area contributed by atoms with E-state index in [9.17, 15) is 9.59 Å². The highest BCUT2D eigenvalue weighted by Gasteiger charge is 2.27. The Morgan fingerprint density at radius 2 is 1.81 bits per heavy atom. The minimum atomic E-state index is -0.311. The highest BCUT2D eigenvalue weighted by molar-refractivity contribution is 8.00. The number of nitrogen functional groups attached to an aromatic ring is 1. The number of carbonyl (C=O) groups excluding carboxylic acids is 2. The van der Waals surface area contributed by atoms with Gasteiger partial charge in [0.1, 0.15) is 28.3 Å². The van der Waals surface area contributed by atoms with Crippen molar-refractivity contribution in [3.8, 4) is 11.5 Å². The van der Waals surface area contributed by atoms with Crippen LogP contribution in [0.1, 0.15) is 27.7 Å². The molecule has 0 aliphatic carbocycles. The fraction of sp³-hybridized carbons (Fsp3) is 0.208. The van der Waals surface area contributed by atoms with Crippen molar-refractivity contribution in [2.75, 3.05) is 18.0 Å². The quantitative estimate of drug-likeness (QED) is 0.533. The van der Waals surface area contributed by atoms with Crippen LogP contribution >= 0.6 is 11.8 Å². The number of benzene rings is 2. The summed E-state index contributed by atoms with van der Waals surface area (Å²) in [6.45, 7) is 0.332. The lowest BCUT2D eigenvalue weighted by molar-refractivity contribution is -0.121. The molecule has 0 spiro atoms. The standard InChI is InChI=1S/C24H24N4O3S/c25-21-8-4-7-20(28-21)23(29)26-15-17-13-14-32-22(24(30)27-17)16-9-11-19(12-10-16)31-18-5-2-1-3-6-18/h1-12,17,22H,13-15H2,(H2,25,28)(H,26,29)(H,27,30)/t17-,22+/m0/s1. The number of hydrogen-bond donors (Lipinski definition) is 3. The number of para-hydroxylation sites is 1. The van der Waals surface area contributed by atoms with Gasteiger partial charge in [-0.15, -0.1) is 11.8 Å². The van der Waals surface area contributed by atoms with Gasteiger partial charge in [-0.2, -0.15) is 0 Å². The maximum absolute atomic E-state index is 12.9. The van der Waals surface area contributed by atoms with Crippen LogP contribution in [0.3, 0.4) is 0 Å². The lowest BCUT2D eigenvalue weighted by atomic mass is 10.1. The highest BCUT2D eigenvalue weighted by Crippen LogP contribution is 2.33. The first kappa shape index (κ1) is 21.7. The van der Waals surface area contributed by atoms with Crippen LogP contribution in [0.2, 0.25) is 0 Å².